The van der Waals surface area contributed by atoms with Crippen molar-refractivity contribution >= 4 is 11.7 Å². The number of anilines is 1. The summed E-state index contributed by atoms with van der Waals surface area (Å²) in [6, 6.07) is 6.72. The second-order valence-corrected chi connectivity index (χ2v) is 10.0. The van der Waals surface area contributed by atoms with Crippen LogP contribution >= 0.6 is 0 Å². The minimum atomic E-state index is -0.972. The van der Waals surface area contributed by atoms with Crippen molar-refractivity contribution in [1.82, 2.24) is 24.3 Å². The Kier molecular flexibility index (Phi) is 7.62. The predicted octanol–water partition coefficient (Wildman–Crippen LogP) is 3.56. The largest absolute Gasteiger partial charge is 0.472 e. The first-order chi connectivity index (χ1) is 20.1. The molecule has 4 aromatic rings. The lowest BCUT2D eigenvalue weighted by molar-refractivity contribution is 0.0435. The zero-order valence-electron chi connectivity index (χ0n) is 23.6. The molecule has 5 rings (SSSR count). The third kappa shape index (κ3) is 5.14. The molecule has 4 heterocycles. The van der Waals surface area contributed by atoms with Crippen LogP contribution in [0.1, 0.15) is 64.2 Å². The number of fused-ring (bicyclic) bond motifs is 4. The molecule has 0 aliphatic carbocycles. The first-order valence-electron chi connectivity index (χ1n) is 13.1. The lowest BCUT2D eigenvalue weighted by Crippen LogP contribution is -2.25. The lowest BCUT2D eigenvalue weighted by Gasteiger charge is -2.24. The molecule has 0 amide bonds. The predicted molar refractivity (Wildman–Crippen MR) is 149 cm³/mol. The number of pyridine rings is 1. The van der Waals surface area contributed by atoms with Gasteiger partial charge in [-0.3, -0.25) is 4.79 Å². The second-order valence-electron chi connectivity index (χ2n) is 10.0. The number of nitrogens with zero attached hydrogens (tertiary/aromatic N) is 6. The number of rotatable bonds is 6. The van der Waals surface area contributed by atoms with E-state index in [1.54, 1.807) is 25.4 Å². The molecule has 12 nitrogen and oxygen atoms in total. The van der Waals surface area contributed by atoms with E-state index in [-0.39, 0.29) is 53.5 Å². The molecule has 1 unspecified atom stereocenters. The Hall–Kier alpha value is -5.25. The normalized spacial score (nSPS) is 13.4. The van der Waals surface area contributed by atoms with E-state index in [1.165, 1.54) is 34.7 Å². The first-order valence-corrected chi connectivity index (χ1v) is 13.1. The Morgan fingerprint density at radius 1 is 1.19 bits per heavy atom. The van der Waals surface area contributed by atoms with Gasteiger partial charge < -0.3 is 24.1 Å². The number of aromatic nitrogens is 5. The van der Waals surface area contributed by atoms with Gasteiger partial charge in [0.1, 0.15) is 36.5 Å². The summed E-state index contributed by atoms with van der Waals surface area (Å²) in [6.45, 7) is 5.55. The summed E-state index contributed by atoms with van der Waals surface area (Å²) >= 11 is 0. The lowest BCUT2D eigenvalue weighted by atomic mass is 9.91. The third-order valence-electron chi connectivity index (χ3n) is 6.73. The smallest absolute Gasteiger partial charge is 0.359 e. The minimum Gasteiger partial charge on any atom is -0.472 e. The summed E-state index contributed by atoms with van der Waals surface area (Å²) in [6.07, 6.45) is 3.16. The number of hydrogen-bond donors (Lipinski definition) is 1. The highest BCUT2D eigenvalue weighted by Gasteiger charge is 2.35. The maximum Gasteiger partial charge on any atom is 0.359 e. The van der Waals surface area contributed by atoms with E-state index in [0.29, 0.717) is 22.5 Å². The maximum atomic E-state index is 15.0. The molecular weight excluding hydrogens is 545 g/mol. The van der Waals surface area contributed by atoms with Crippen molar-refractivity contribution in [2.45, 2.75) is 32.7 Å². The molecule has 1 aromatic carbocycles. The number of carbonyl (C=O) groups excluding carboxylic acids is 1. The van der Waals surface area contributed by atoms with E-state index >= 15 is 4.39 Å². The van der Waals surface area contributed by atoms with Gasteiger partial charge >= 0.3 is 12.0 Å². The SMILES string of the molecule is COc1ncc2c(n1)OCCOC(=O)c1nn-2c(C(C)C)c1C(Nc1cc(C)cn(C)c1=O)c1ccc(C#N)c(F)c1. The number of halogens is 1. The van der Waals surface area contributed by atoms with Crippen molar-refractivity contribution in [3.63, 3.8) is 0 Å². The van der Waals surface area contributed by atoms with Gasteiger partial charge in [0, 0.05) is 18.8 Å². The molecule has 1 N–H and O–H groups in total. The summed E-state index contributed by atoms with van der Waals surface area (Å²) in [5, 5.41) is 17.2. The standard InChI is InChI=1S/C29H28FN7O5/c1-15(2)25-22(24-28(39)42-9-8-41-26-21(37(25)35-24)13-32-29(34-26)40-5)23(17-6-7-18(12-31)19(30)11-17)33-20-10-16(3)14-36(4)27(20)38/h6-7,10-11,13-15,23,33H,8-9H2,1-5H3. The highest BCUT2D eigenvalue weighted by atomic mass is 19.1. The van der Waals surface area contributed by atoms with Gasteiger partial charge in [-0.25, -0.2) is 18.9 Å². The van der Waals surface area contributed by atoms with Gasteiger partial charge in [0.15, 0.2) is 5.69 Å². The van der Waals surface area contributed by atoms with Gasteiger partial charge in [-0.15, -0.1) is 0 Å². The topological polar surface area (TPSA) is 146 Å². The molecule has 0 saturated carbocycles. The van der Waals surface area contributed by atoms with Crippen LogP contribution in [0, 0.1) is 24.1 Å². The summed E-state index contributed by atoms with van der Waals surface area (Å²) in [5.74, 6) is -1.59. The molecule has 1 atom stereocenters. The molecule has 0 saturated heterocycles. The minimum absolute atomic E-state index is 0.00815. The number of methoxy groups -OCH3 is 1. The van der Waals surface area contributed by atoms with E-state index in [2.05, 4.69) is 20.4 Å². The summed E-state index contributed by atoms with van der Waals surface area (Å²) < 4.78 is 34.4. The number of aryl methyl sites for hydroxylation is 2. The quantitative estimate of drug-likeness (QED) is 0.340. The van der Waals surface area contributed by atoms with Crippen molar-refractivity contribution < 1.29 is 23.4 Å². The van der Waals surface area contributed by atoms with E-state index in [9.17, 15) is 14.9 Å². The highest BCUT2D eigenvalue weighted by Crippen LogP contribution is 2.38. The van der Waals surface area contributed by atoms with Gasteiger partial charge in [-0.1, -0.05) is 19.9 Å². The van der Waals surface area contributed by atoms with Gasteiger partial charge in [-0.05, 0) is 42.2 Å². The van der Waals surface area contributed by atoms with E-state index < -0.39 is 17.8 Å². The monoisotopic (exact) mass is 573 g/mol. The van der Waals surface area contributed by atoms with Gasteiger partial charge in [0.2, 0.25) is 5.88 Å². The highest BCUT2D eigenvalue weighted by molar-refractivity contribution is 5.90. The van der Waals surface area contributed by atoms with Gasteiger partial charge in [0.05, 0.1) is 30.6 Å². The van der Waals surface area contributed by atoms with Crippen LogP contribution in [0.2, 0.25) is 0 Å². The van der Waals surface area contributed by atoms with Crippen LogP contribution in [-0.2, 0) is 11.8 Å². The average molecular weight is 574 g/mol. The number of nitrogens with one attached hydrogen (secondary N) is 1. The maximum absolute atomic E-state index is 15.0. The molecule has 0 fully saturated rings. The van der Waals surface area contributed by atoms with Crippen LogP contribution in [0.25, 0.3) is 5.69 Å². The van der Waals surface area contributed by atoms with Crippen LogP contribution < -0.4 is 20.3 Å². The molecule has 216 valence electrons. The third-order valence-corrected chi connectivity index (χ3v) is 6.73. The fourth-order valence-electron chi connectivity index (χ4n) is 4.92. The fourth-order valence-corrected chi connectivity index (χ4v) is 4.92. The van der Waals surface area contributed by atoms with Crippen LogP contribution in [0.4, 0.5) is 10.1 Å². The van der Waals surface area contributed by atoms with Crippen molar-refractivity contribution in [3.8, 4) is 23.6 Å². The molecular formula is C29H28FN7O5. The van der Waals surface area contributed by atoms with Crippen molar-refractivity contribution in [3.05, 3.63) is 86.5 Å². The number of cyclic esters (lactones) is 1. The number of carbonyl (C=O) groups is 1. The van der Waals surface area contributed by atoms with Crippen LogP contribution in [-0.4, -0.2) is 50.6 Å². The van der Waals surface area contributed by atoms with E-state index in [0.717, 1.165) is 5.56 Å². The number of hydrogen-bond acceptors (Lipinski definition) is 10. The Balaban J connectivity index is 1.84. The van der Waals surface area contributed by atoms with Gasteiger partial charge in [-0.2, -0.15) is 15.3 Å². The van der Waals surface area contributed by atoms with Gasteiger partial charge in [0.25, 0.3) is 5.56 Å². The molecule has 3 aromatic heterocycles. The van der Waals surface area contributed by atoms with E-state index in [1.807, 2.05) is 26.8 Å². The van der Waals surface area contributed by atoms with Crippen molar-refractivity contribution in [2.24, 2.45) is 7.05 Å². The molecule has 0 radical (unpaired) electrons. The average Bonchev–Trinajstić information content (AvgIpc) is 3.36. The Morgan fingerprint density at radius 2 is 1.95 bits per heavy atom. The number of benzene rings is 1. The Bertz CT molecular complexity index is 1790. The number of ether oxygens (including phenoxy) is 3. The van der Waals surface area contributed by atoms with Crippen LogP contribution in [0.3, 0.4) is 0 Å². The molecule has 2 bridgehead atoms. The zero-order chi connectivity index (χ0) is 30.1. The zero-order valence-corrected chi connectivity index (χ0v) is 23.6. The number of esters is 1. The molecule has 0 spiro atoms. The number of nitriles is 1. The molecule has 1 aliphatic rings. The summed E-state index contributed by atoms with van der Waals surface area (Å²) in [4.78, 5) is 35.2. The Labute approximate surface area is 240 Å². The Morgan fingerprint density at radius 3 is 2.64 bits per heavy atom. The fraction of sp³-hybridized carbons (Fsp3) is 0.310. The van der Waals surface area contributed by atoms with E-state index in [4.69, 9.17) is 14.2 Å². The molecule has 1 aliphatic heterocycles. The van der Waals surface area contributed by atoms with Crippen molar-refractivity contribution in [1.29, 1.82) is 5.26 Å². The molecule has 13 heteroatoms. The van der Waals surface area contributed by atoms with Crippen LogP contribution in [0.15, 0.2) is 41.5 Å². The first kappa shape index (κ1) is 28.3. The summed E-state index contributed by atoms with van der Waals surface area (Å²) in [5.41, 5.74) is 2.07. The second kappa shape index (κ2) is 11.3. The van der Waals surface area contributed by atoms with Crippen molar-refractivity contribution in [2.75, 3.05) is 25.6 Å². The van der Waals surface area contributed by atoms with Crippen LogP contribution in [0.5, 0.6) is 11.9 Å². The summed E-state index contributed by atoms with van der Waals surface area (Å²) in [7, 11) is 3.05. The molecule has 42 heavy (non-hydrogen) atoms.